The Morgan fingerprint density at radius 3 is 2.50 bits per heavy atom. The van der Waals surface area contributed by atoms with Crippen LogP contribution in [0.15, 0.2) is 42.5 Å². The van der Waals surface area contributed by atoms with E-state index in [1.54, 1.807) is 7.11 Å². The maximum absolute atomic E-state index is 12.5. The highest BCUT2D eigenvalue weighted by atomic mass is 35.5. The molecule has 3 rings (SSSR count). The van der Waals surface area contributed by atoms with Gasteiger partial charge in [-0.05, 0) is 36.8 Å². The number of amides is 1. The van der Waals surface area contributed by atoms with Gasteiger partial charge in [0, 0.05) is 26.2 Å². The summed E-state index contributed by atoms with van der Waals surface area (Å²) in [5.41, 5.74) is 2.10. The van der Waals surface area contributed by atoms with Crippen molar-refractivity contribution in [2.24, 2.45) is 0 Å². The summed E-state index contributed by atoms with van der Waals surface area (Å²) in [5.74, 6) is 1.20. The second-order valence-corrected chi connectivity index (χ2v) is 6.67. The number of piperazine rings is 1. The first-order valence-electron chi connectivity index (χ1n) is 8.63. The highest BCUT2D eigenvalue weighted by molar-refractivity contribution is 6.33. The molecule has 0 N–H and O–H groups in total. The molecule has 2 aromatic rings. The summed E-state index contributed by atoms with van der Waals surface area (Å²) in [6.07, 6.45) is 0. The molecule has 1 heterocycles. The van der Waals surface area contributed by atoms with Crippen LogP contribution in [-0.2, 0) is 4.79 Å². The number of benzene rings is 2. The molecule has 0 aliphatic carbocycles. The van der Waals surface area contributed by atoms with Crippen LogP contribution in [0.2, 0.25) is 5.02 Å². The van der Waals surface area contributed by atoms with E-state index in [2.05, 4.69) is 4.90 Å². The van der Waals surface area contributed by atoms with E-state index >= 15 is 0 Å². The summed E-state index contributed by atoms with van der Waals surface area (Å²) < 4.78 is 11.0. The fraction of sp³-hybridized carbons (Fsp3) is 0.350. The molecule has 0 aromatic heterocycles. The molecule has 1 fully saturated rings. The molecule has 0 unspecified atom stereocenters. The number of carbonyl (C=O) groups excluding carboxylic acids is 1. The summed E-state index contributed by atoms with van der Waals surface area (Å²) >= 11 is 6.26. The van der Waals surface area contributed by atoms with Crippen LogP contribution in [0.25, 0.3) is 0 Å². The number of para-hydroxylation sites is 1. The fourth-order valence-corrected chi connectivity index (χ4v) is 3.29. The first kappa shape index (κ1) is 18.4. The average molecular weight is 375 g/mol. The molecule has 2 aromatic carbocycles. The standard InChI is InChI=1S/C20H23ClN2O3/c1-15-7-8-18(19(13-15)25-2)26-14-20(24)23-11-9-22(10-12-23)17-6-4-3-5-16(17)21/h3-8,13H,9-12,14H2,1-2H3. The number of hydrogen-bond acceptors (Lipinski definition) is 4. The molecule has 6 heteroatoms. The fourth-order valence-electron chi connectivity index (χ4n) is 3.03. The highest BCUT2D eigenvalue weighted by Gasteiger charge is 2.22. The zero-order valence-corrected chi connectivity index (χ0v) is 15.8. The molecule has 0 bridgehead atoms. The van der Waals surface area contributed by atoms with Crippen LogP contribution >= 0.6 is 11.6 Å². The molecule has 1 aliphatic heterocycles. The third-order valence-electron chi connectivity index (χ3n) is 4.50. The van der Waals surface area contributed by atoms with Crippen molar-refractivity contribution in [2.75, 3.05) is 44.8 Å². The minimum atomic E-state index is -0.0218. The summed E-state index contributed by atoms with van der Waals surface area (Å²) in [6.45, 7) is 4.80. The van der Waals surface area contributed by atoms with Gasteiger partial charge in [-0.1, -0.05) is 29.8 Å². The lowest BCUT2D eigenvalue weighted by Crippen LogP contribution is -2.50. The minimum absolute atomic E-state index is 0.00547. The van der Waals surface area contributed by atoms with E-state index in [-0.39, 0.29) is 12.5 Å². The van der Waals surface area contributed by atoms with Crippen LogP contribution in [0.1, 0.15) is 5.56 Å². The SMILES string of the molecule is COc1cc(C)ccc1OCC(=O)N1CCN(c2ccccc2Cl)CC1. The number of rotatable bonds is 5. The van der Waals surface area contributed by atoms with Gasteiger partial charge in [0.05, 0.1) is 17.8 Å². The van der Waals surface area contributed by atoms with E-state index < -0.39 is 0 Å². The molecule has 138 valence electrons. The van der Waals surface area contributed by atoms with Crippen molar-refractivity contribution in [3.63, 3.8) is 0 Å². The zero-order chi connectivity index (χ0) is 18.5. The van der Waals surface area contributed by atoms with Crippen molar-refractivity contribution in [3.05, 3.63) is 53.1 Å². The maximum Gasteiger partial charge on any atom is 0.260 e. The van der Waals surface area contributed by atoms with Gasteiger partial charge >= 0.3 is 0 Å². The zero-order valence-electron chi connectivity index (χ0n) is 15.1. The Labute approximate surface area is 159 Å². The number of halogens is 1. The third kappa shape index (κ3) is 4.22. The van der Waals surface area contributed by atoms with Gasteiger partial charge in [0.15, 0.2) is 18.1 Å². The lowest BCUT2D eigenvalue weighted by Gasteiger charge is -2.36. The van der Waals surface area contributed by atoms with E-state index in [0.29, 0.717) is 24.6 Å². The molecular formula is C20H23ClN2O3. The number of ether oxygens (including phenoxy) is 2. The van der Waals surface area contributed by atoms with Gasteiger partial charge in [0.2, 0.25) is 0 Å². The Balaban J connectivity index is 1.54. The molecule has 0 saturated carbocycles. The number of aryl methyl sites for hydroxylation is 1. The van der Waals surface area contributed by atoms with Crippen LogP contribution < -0.4 is 14.4 Å². The first-order chi connectivity index (χ1) is 12.6. The Morgan fingerprint density at radius 2 is 1.81 bits per heavy atom. The second-order valence-electron chi connectivity index (χ2n) is 6.26. The smallest absolute Gasteiger partial charge is 0.260 e. The van der Waals surface area contributed by atoms with Gasteiger partial charge in [-0.2, -0.15) is 0 Å². The van der Waals surface area contributed by atoms with Gasteiger partial charge in [0.25, 0.3) is 5.91 Å². The summed E-state index contributed by atoms with van der Waals surface area (Å²) in [4.78, 5) is 16.5. The largest absolute Gasteiger partial charge is 0.493 e. The number of nitrogens with zero attached hydrogens (tertiary/aromatic N) is 2. The molecular weight excluding hydrogens is 352 g/mol. The van der Waals surface area contributed by atoms with Crippen molar-refractivity contribution in [3.8, 4) is 11.5 Å². The van der Waals surface area contributed by atoms with Crippen LogP contribution in [0.3, 0.4) is 0 Å². The van der Waals surface area contributed by atoms with Gasteiger partial charge in [-0.25, -0.2) is 0 Å². The minimum Gasteiger partial charge on any atom is -0.493 e. The van der Waals surface area contributed by atoms with Gasteiger partial charge in [-0.3, -0.25) is 4.79 Å². The molecule has 5 nitrogen and oxygen atoms in total. The average Bonchev–Trinajstić information content (AvgIpc) is 2.67. The van der Waals surface area contributed by atoms with Crippen molar-refractivity contribution < 1.29 is 14.3 Å². The van der Waals surface area contributed by atoms with E-state index in [0.717, 1.165) is 29.4 Å². The van der Waals surface area contributed by atoms with E-state index in [9.17, 15) is 4.79 Å². The molecule has 0 spiro atoms. The quantitative estimate of drug-likeness (QED) is 0.804. The number of methoxy groups -OCH3 is 1. The molecule has 0 radical (unpaired) electrons. The molecule has 0 atom stereocenters. The van der Waals surface area contributed by atoms with Crippen molar-refractivity contribution in [1.29, 1.82) is 0 Å². The molecule has 1 saturated heterocycles. The van der Waals surface area contributed by atoms with Crippen molar-refractivity contribution >= 4 is 23.2 Å². The Hall–Kier alpha value is -2.40. The predicted molar refractivity (Wildman–Crippen MR) is 103 cm³/mol. The van der Waals surface area contributed by atoms with Crippen molar-refractivity contribution in [1.82, 2.24) is 4.90 Å². The van der Waals surface area contributed by atoms with Gasteiger partial charge in [0.1, 0.15) is 0 Å². The third-order valence-corrected chi connectivity index (χ3v) is 4.82. The Bertz CT molecular complexity index is 773. The molecule has 26 heavy (non-hydrogen) atoms. The normalized spacial score (nSPS) is 14.3. The van der Waals surface area contributed by atoms with Crippen LogP contribution in [0.4, 0.5) is 5.69 Å². The summed E-state index contributed by atoms with van der Waals surface area (Å²) in [6, 6.07) is 13.4. The lowest BCUT2D eigenvalue weighted by atomic mass is 10.2. The molecule has 1 aliphatic rings. The number of hydrogen-bond donors (Lipinski definition) is 0. The summed E-state index contributed by atoms with van der Waals surface area (Å²) in [5, 5.41) is 0.738. The van der Waals surface area contributed by atoms with E-state index in [1.165, 1.54) is 0 Å². The predicted octanol–water partition coefficient (Wildman–Crippen LogP) is 3.38. The van der Waals surface area contributed by atoms with Crippen LogP contribution in [0.5, 0.6) is 11.5 Å². The molecule has 1 amide bonds. The lowest BCUT2D eigenvalue weighted by molar-refractivity contribution is -0.133. The highest BCUT2D eigenvalue weighted by Crippen LogP contribution is 2.28. The Kier molecular flexibility index (Phi) is 5.89. The van der Waals surface area contributed by atoms with Gasteiger partial charge < -0.3 is 19.3 Å². The second kappa shape index (κ2) is 8.32. The van der Waals surface area contributed by atoms with Crippen molar-refractivity contribution in [2.45, 2.75) is 6.92 Å². The first-order valence-corrected chi connectivity index (χ1v) is 9.01. The van der Waals surface area contributed by atoms with E-state index in [4.69, 9.17) is 21.1 Å². The Morgan fingerprint density at radius 1 is 1.08 bits per heavy atom. The summed E-state index contributed by atoms with van der Waals surface area (Å²) in [7, 11) is 1.59. The van der Waals surface area contributed by atoms with E-state index in [1.807, 2.05) is 54.3 Å². The number of carbonyl (C=O) groups is 1. The van der Waals surface area contributed by atoms with Crippen LogP contribution in [-0.4, -0.2) is 50.7 Å². The topological polar surface area (TPSA) is 42.0 Å². The van der Waals surface area contributed by atoms with Gasteiger partial charge in [-0.15, -0.1) is 0 Å². The number of anilines is 1. The monoisotopic (exact) mass is 374 g/mol. The van der Waals surface area contributed by atoms with Crippen LogP contribution in [0, 0.1) is 6.92 Å². The maximum atomic E-state index is 12.5.